The Morgan fingerprint density at radius 1 is 1.53 bits per heavy atom. The van der Waals surface area contributed by atoms with Crippen molar-refractivity contribution in [2.24, 2.45) is 5.73 Å². The quantitative estimate of drug-likeness (QED) is 0.858. The van der Waals surface area contributed by atoms with Gasteiger partial charge in [0.2, 0.25) is 5.91 Å². The zero-order valence-corrected chi connectivity index (χ0v) is 11.3. The normalized spacial score (nSPS) is 23.8. The molecule has 1 amide bonds. The minimum atomic E-state index is -0.280. The van der Waals surface area contributed by atoms with Crippen LogP contribution in [0.3, 0.4) is 0 Å². The van der Waals surface area contributed by atoms with Crippen molar-refractivity contribution in [3.05, 3.63) is 35.6 Å². The Hall–Kier alpha value is -1.46. The summed E-state index contributed by atoms with van der Waals surface area (Å²) in [6, 6.07) is 5.84. The molecule has 4 nitrogen and oxygen atoms in total. The molecule has 1 saturated heterocycles. The number of nitrogens with one attached hydrogen (secondary N) is 1. The van der Waals surface area contributed by atoms with Crippen LogP contribution in [0.15, 0.2) is 24.3 Å². The molecule has 3 unspecified atom stereocenters. The Morgan fingerprint density at radius 3 is 2.89 bits per heavy atom. The summed E-state index contributed by atoms with van der Waals surface area (Å²) in [6.45, 7) is 5.05. The van der Waals surface area contributed by atoms with E-state index in [2.05, 4.69) is 5.32 Å². The molecule has 1 heterocycles. The molecule has 0 aromatic heterocycles. The number of carbonyl (C=O) groups is 1. The molecule has 104 valence electrons. The van der Waals surface area contributed by atoms with Gasteiger partial charge in [-0.3, -0.25) is 9.69 Å². The predicted octanol–water partition coefficient (Wildman–Crippen LogP) is 1.03. The van der Waals surface area contributed by atoms with Gasteiger partial charge in [0.05, 0.1) is 12.1 Å². The lowest BCUT2D eigenvalue weighted by Gasteiger charge is -2.41. The van der Waals surface area contributed by atoms with Crippen LogP contribution in [0.25, 0.3) is 0 Å². The van der Waals surface area contributed by atoms with Crippen LogP contribution in [-0.4, -0.2) is 36.0 Å². The van der Waals surface area contributed by atoms with Gasteiger partial charge in [-0.25, -0.2) is 4.39 Å². The summed E-state index contributed by atoms with van der Waals surface area (Å²) in [5, 5.41) is 2.82. The van der Waals surface area contributed by atoms with Crippen molar-refractivity contribution in [1.29, 1.82) is 0 Å². The van der Waals surface area contributed by atoms with Crippen molar-refractivity contribution in [2.45, 2.75) is 32.0 Å². The van der Waals surface area contributed by atoms with E-state index < -0.39 is 0 Å². The number of benzene rings is 1. The van der Waals surface area contributed by atoms with Crippen LogP contribution >= 0.6 is 0 Å². The van der Waals surface area contributed by atoms with Gasteiger partial charge in [-0.15, -0.1) is 0 Å². The number of nitrogens with zero attached hydrogens (tertiary/aromatic N) is 1. The molecular weight excluding hydrogens is 245 g/mol. The minimum absolute atomic E-state index is 0.00620. The Morgan fingerprint density at radius 2 is 2.26 bits per heavy atom. The zero-order valence-electron chi connectivity index (χ0n) is 11.3. The van der Waals surface area contributed by atoms with Crippen LogP contribution in [0.5, 0.6) is 0 Å². The molecule has 3 N–H and O–H groups in total. The molecule has 0 saturated carbocycles. The Kier molecular flexibility index (Phi) is 4.17. The molecule has 3 atom stereocenters. The van der Waals surface area contributed by atoms with Gasteiger partial charge in [-0.1, -0.05) is 12.1 Å². The maximum atomic E-state index is 13.4. The fourth-order valence-corrected chi connectivity index (χ4v) is 2.67. The first-order valence-corrected chi connectivity index (χ1v) is 6.55. The summed E-state index contributed by atoms with van der Waals surface area (Å²) in [7, 11) is 0. The van der Waals surface area contributed by atoms with E-state index in [0.29, 0.717) is 6.54 Å². The molecule has 1 aromatic rings. The Labute approximate surface area is 112 Å². The molecule has 0 aliphatic carbocycles. The summed E-state index contributed by atoms with van der Waals surface area (Å²) >= 11 is 0. The van der Waals surface area contributed by atoms with E-state index in [1.807, 2.05) is 24.8 Å². The van der Waals surface area contributed by atoms with Crippen LogP contribution in [0.1, 0.15) is 25.5 Å². The van der Waals surface area contributed by atoms with Crippen molar-refractivity contribution in [3.63, 3.8) is 0 Å². The highest BCUT2D eigenvalue weighted by atomic mass is 19.1. The number of amides is 1. The largest absolute Gasteiger partial charge is 0.353 e. The molecule has 1 aromatic carbocycles. The van der Waals surface area contributed by atoms with Crippen LogP contribution < -0.4 is 11.1 Å². The summed E-state index contributed by atoms with van der Waals surface area (Å²) in [6.07, 6.45) is 0. The number of carbonyl (C=O) groups excluding carboxylic acids is 1. The second kappa shape index (κ2) is 5.67. The van der Waals surface area contributed by atoms with E-state index >= 15 is 0 Å². The fourth-order valence-electron chi connectivity index (χ4n) is 2.67. The predicted molar refractivity (Wildman–Crippen MR) is 72.0 cm³/mol. The van der Waals surface area contributed by atoms with Crippen LogP contribution in [-0.2, 0) is 4.79 Å². The SMILES string of the molecule is CC(N)C(c1cccc(F)c1)N1CCNC(=O)C1C. The molecule has 0 radical (unpaired) electrons. The summed E-state index contributed by atoms with van der Waals surface area (Å²) < 4.78 is 13.4. The molecule has 0 spiro atoms. The number of halogens is 1. The van der Waals surface area contributed by atoms with Crippen molar-refractivity contribution < 1.29 is 9.18 Å². The summed E-state index contributed by atoms with van der Waals surface area (Å²) in [5.41, 5.74) is 6.88. The zero-order chi connectivity index (χ0) is 14.0. The third-order valence-electron chi connectivity index (χ3n) is 3.59. The smallest absolute Gasteiger partial charge is 0.237 e. The van der Waals surface area contributed by atoms with E-state index in [1.165, 1.54) is 12.1 Å². The van der Waals surface area contributed by atoms with Gasteiger partial charge in [-0.05, 0) is 31.5 Å². The van der Waals surface area contributed by atoms with Crippen LogP contribution in [0.4, 0.5) is 4.39 Å². The first-order chi connectivity index (χ1) is 9.00. The highest BCUT2D eigenvalue weighted by Crippen LogP contribution is 2.27. The van der Waals surface area contributed by atoms with E-state index in [-0.39, 0.29) is 29.8 Å². The van der Waals surface area contributed by atoms with Crippen molar-refractivity contribution in [1.82, 2.24) is 10.2 Å². The minimum Gasteiger partial charge on any atom is -0.353 e. The number of piperazine rings is 1. The lowest BCUT2D eigenvalue weighted by molar-refractivity contribution is -0.129. The lowest BCUT2D eigenvalue weighted by Crippen LogP contribution is -2.57. The topological polar surface area (TPSA) is 58.4 Å². The van der Waals surface area contributed by atoms with Gasteiger partial charge in [-0.2, -0.15) is 0 Å². The van der Waals surface area contributed by atoms with E-state index in [0.717, 1.165) is 12.1 Å². The van der Waals surface area contributed by atoms with E-state index in [4.69, 9.17) is 5.73 Å². The Balaban J connectivity index is 2.32. The van der Waals surface area contributed by atoms with Gasteiger partial charge in [0.15, 0.2) is 0 Å². The molecule has 0 bridgehead atoms. The van der Waals surface area contributed by atoms with Crippen molar-refractivity contribution in [3.8, 4) is 0 Å². The maximum absolute atomic E-state index is 13.4. The third kappa shape index (κ3) is 2.93. The number of nitrogens with two attached hydrogens (primary N) is 1. The highest BCUT2D eigenvalue weighted by molar-refractivity contribution is 5.82. The van der Waals surface area contributed by atoms with Gasteiger partial charge in [0.25, 0.3) is 0 Å². The van der Waals surface area contributed by atoms with Gasteiger partial charge < -0.3 is 11.1 Å². The maximum Gasteiger partial charge on any atom is 0.237 e. The molecule has 5 heteroatoms. The van der Waals surface area contributed by atoms with Crippen molar-refractivity contribution in [2.75, 3.05) is 13.1 Å². The van der Waals surface area contributed by atoms with Gasteiger partial charge in [0.1, 0.15) is 5.82 Å². The summed E-state index contributed by atoms with van der Waals surface area (Å²) in [5.74, 6) is -0.287. The first-order valence-electron chi connectivity index (χ1n) is 6.55. The number of hydrogen-bond donors (Lipinski definition) is 2. The second-order valence-corrected chi connectivity index (χ2v) is 5.06. The fraction of sp³-hybridized carbons (Fsp3) is 0.500. The second-order valence-electron chi connectivity index (χ2n) is 5.06. The lowest BCUT2D eigenvalue weighted by atomic mass is 9.96. The molecule has 1 aliphatic heterocycles. The number of rotatable bonds is 3. The monoisotopic (exact) mass is 265 g/mol. The molecule has 1 fully saturated rings. The molecule has 19 heavy (non-hydrogen) atoms. The standard InChI is InChI=1S/C14H20FN3O/c1-9(16)13(11-4-3-5-12(15)8-11)18-7-6-17-14(19)10(18)2/h3-5,8-10,13H,6-7,16H2,1-2H3,(H,17,19). The summed E-state index contributed by atoms with van der Waals surface area (Å²) in [4.78, 5) is 13.8. The molecule has 2 rings (SSSR count). The first kappa shape index (κ1) is 14.0. The molecular formula is C14H20FN3O. The van der Waals surface area contributed by atoms with Gasteiger partial charge >= 0.3 is 0 Å². The molecule has 1 aliphatic rings. The van der Waals surface area contributed by atoms with Crippen molar-refractivity contribution >= 4 is 5.91 Å². The Bertz CT molecular complexity index is 464. The van der Waals surface area contributed by atoms with Gasteiger partial charge in [0, 0.05) is 19.1 Å². The highest BCUT2D eigenvalue weighted by Gasteiger charge is 2.33. The average Bonchev–Trinajstić information content (AvgIpc) is 2.34. The number of hydrogen-bond acceptors (Lipinski definition) is 3. The van der Waals surface area contributed by atoms with Crippen LogP contribution in [0, 0.1) is 5.82 Å². The average molecular weight is 265 g/mol. The van der Waals surface area contributed by atoms with Crippen LogP contribution in [0.2, 0.25) is 0 Å². The third-order valence-corrected chi connectivity index (χ3v) is 3.59. The van der Waals surface area contributed by atoms with E-state index in [1.54, 1.807) is 6.07 Å². The van der Waals surface area contributed by atoms with E-state index in [9.17, 15) is 9.18 Å².